The van der Waals surface area contributed by atoms with Crippen LogP contribution in [0.2, 0.25) is 0 Å². The van der Waals surface area contributed by atoms with E-state index in [2.05, 4.69) is 0 Å². The van der Waals surface area contributed by atoms with Crippen LogP contribution in [-0.4, -0.2) is 22.6 Å². The van der Waals surface area contributed by atoms with Crippen molar-refractivity contribution in [3.8, 4) is 0 Å². The summed E-state index contributed by atoms with van der Waals surface area (Å²) in [5, 5.41) is 11.2. The number of aliphatic hydroxyl groups is 1. The first kappa shape index (κ1) is 10.4. The number of Topliss-reactive ketones (excluding diaryl/α,β-unsaturated/α-hetero) is 1. The molecular formula is C12H11NO4. The van der Waals surface area contributed by atoms with Crippen molar-refractivity contribution in [2.75, 3.05) is 5.06 Å². The number of hydroxylamine groups is 1. The summed E-state index contributed by atoms with van der Waals surface area (Å²) in [5.41, 5.74) is 0.741. The third kappa shape index (κ3) is 1.40. The number of hydrogen-bond donors (Lipinski definition) is 1. The summed E-state index contributed by atoms with van der Waals surface area (Å²) in [7, 11) is 0. The molecule has 0 aromatic heterocycles. The van der Waals surface area contributed by atoms with E-state index < -0.39 is 11.6 Å². The van der Waals surface area contributed by atoms with E-state index in [-0.39, 0.29) is 18.7 Å². The van der Waals surface area contributed by atoms with Crippen LogP contribution in [0.4, 0.5) is 5.69 Å². The molecule has 5 nitrogen and oxygen atoms in total. The number of anilines is 1. The third-order valence-corrected chi connectivity index (χ3v) is 3.10. The maximum Gasteiger partial charge on any atom is 0.256 e. The van der Waals surface area contributed by atoms with Crippen molar-refractivity contribution < 1.29 is 19.5 Å². The molecule has 1 atom stereocenters. The summed E-state index contributed by atoms with van der Waals surface area (Å²) in [4.78, 5) is 29.1. The fourth-order valence-electron chi connectivity index (χ4n) is 2.22. The van der Waals surface area contributed by atoms with Crippen LogP contribution in [0.5, 0.6) is 0 Å². The highest BCUT2D eigenvalue weighted by atomic mass is 16.8. The maximum atomic E-state index is 12.1. The van der Waals surface area contributed by atoms with E-state index in [0.717, 1.165) is 5.06 Å². The number of ketones is 1. The lowest BCUT2D eigenvalue weighted by Crippen LogP contribution is -2.51. The Morgan fingerprint density at radius 3 is 2.88 bits per heavy atom. The highest BCUT2D eigenvalue weighted by Crippen LogP contribution is 2.37. The Balaban J connectivity index is 2.21. The van der Waals surface area contributed by atoms with Gasteiger partial charge in [0.25, 0.3) is 11.7 Å². The standard InChI is InChI=1S/C12H11NO4/c14-10-6-3-7-12(16)11(15)8-4-1-2-5-9(8)13(10)17-12/h1-2,4-5,16H,3,6-7H2. The van der Waals surface area contributed by atoms with Gasteiger partial charge < -0.3 is 5.11 Å². The molecule has 88 valence electrons. The van der Waals surface area contributed by atoms with Crippen LogP contribution in [-0.2, 0) is 9.63 Å². The molecule has 2 aliphatic heterocycles. The van der Waals surface area contributed by atoms with Gasteiger partial charge in [-0.05, 0) is 18.6 Å². The van der Waals surface area contributed by atoms with Gasteiger partial charge in [-0.2, -0.15) is 5.06 Å². The van der Waals surface area contributed by atoms with Crippen molar-refractivity contribution in [1.82, 2.24) is 0 Å². The Morgan fingerprint density at radius 1 is 1.29 bits per heavy atom. The molecule has 0 aliphatic carbocycles. The average molecular weight is 233 g/mol. The second-order valence-electron chi connectivity index (χ2n) is 4.26. The zero-order valence-electron chi connectivity index (χ0n) is 9.05. The zero-order valence-corrected chi connectivity index (χ0v) is 9.05. The van der Waals surface area contributed by atoms with Gasteiger partial charge in [-0.3, -0.25) is 9.59 Å². The van der Waals surface area contributed by atoms with E-state index >= 15 is 0 Å². The van der Waals surface area contributed by atoms with Gasteiger partial charge in [0.15, 0.2) is 0 Å². The fraction of sp³-hybridized carbons (Fsp3) is 0.333. The molecule has 5 heteroatoms. The molecule has 0 radical (unpaired) electrons. The number of hydrogen-bond acceptors (Lipinski definition) is 4. The Bertz CT molecular complexity index is 513. The number of fused-ring (bicyclic) bond motifs is 4. The number of benzene rings is 1. The Hall–Kier alpha value is -1.72. The largest absolute Gasteiger partial charge is 0.358 e. The van der Waals surface area contributed by atoms with Crippen LogP contribution in [0.15, 0.2) is 24.3 Å². The highest BCUT2D eigenvalue weighted by Gasteiger charge is 2.48. The van der Waals surface area contributed by atoms with Gasteiger partial charge in [0.1, 0.15) is 0 Å². The normalized spacial score (nSPS) is 27.7. The van der Waals surface area contributed by atoms with Crippen molar-refractivity contribution >= 4 is 17.4 Å². The van der Waals surface area contributed by atoms with Gasteiger partial charge in [0.2, 0.25) is 5.78 Å². The van der Waals surface area contributed by atoms with E-state index in [9.17, 15) is 14.7 Å². The van der Waals surface area contributed by atoms with Crippen molar-refractivity contribution in [1.29, 1.82) is 0 Å². The molecule has 3 rings (SSSR count). The average Bonchev–Trinajstić information content (AvgIpc) is 2.46. The van der Waals surface area contributed by atoms with Gasteiger partial charge in [-0.1, -0.05) is 12.1 Å². The predicted octanol–water partition coefficient (Wildman–Crippen LogP) is 1.02. The monoisotopic (exact) mass is 233 g/mol. The Kier molecular flexibility index (Phi) is 2.08. The first-order valence-corrected chi connectivity index (χ1v) is 5.50. The predicted molar refractivity (Wildman–Crippen MR) is 58.1 cm³/mol. The van der Waals surface area contributed by atoms with Crippen LogP contribution in [0.25, 0.3) is 0 Å². The molecule has 2 aliphatic rings. The van der Waals surface area contributed by atoms with Crippen LogP contribution < -0.4 is 5.06 Å². The first-order chi connectivity index (χ1) is 8.12. The number of carbonyl (C=O) groups is 2. The molecule has 17 heavy (non-hydrogen) atoms. The van der Waals surface area contributed by atoms with E-state index in [1.54, 1.807) is 24.3 Å². The molecule has 1 aromatic rings. The van der Waals surface area contributed by atoms with Gasteiger partial charge in [0, 0.05) is 18.4 Å². The maximum absolute atomic E-state index is 12.1. The van der Waals surface area contributed by atoms with E-state index in [1.807, 2.05) is 0 Å². The molecule has 0 saturated carbocycles. The summed E-state index contributed by atoms with van der Waals surface area (Å²) in [6.07, 6.45) is 0.845. The molecule has 2 bridgehead atoms. The minimum absolute atomic E-state index is 0.141. The van der Waals surface area contributed by atoms with Crippen LogP contribution >= 0.6 is 0 Å². The van der Waals surface area contributed by atoms with Gasteiger partial charge in [0.05, 0.1) is 5.69 Å². The second kappa shape index (κ2) is 3.38. The second-order valence-corrected chi connectivity index (χ2v) is 4.26. The van der Waals surface area contributed by atoms with Crippen molar-refractivity contribution in [3.05, 3.63) is 29.8 Å². The molecule has 1 fully saturated rings. The molecule has 1 aromatic carbocycles. The number of para-hydroxylation sites is 1. The van der Waals surface area contributed by atoms with Crippen molar-refractivity contribution in [3.63, 3.8) is 0 Å². The topological polar surface area (TPSA) is 66.8 Å². The van der Waals surface area contributed by atoms with Gasteiger partial charge in [-0.15, -0.1) is 0 Å². The molecule has 1 amide bonds. The van der Waals surface area contributed by atoms with Gasteiger partial charge in [-0.25, -0.2) is 4.84 Å². The lowest BCUT2D eigenvalue weighted by atomic mass is 9.97. The van der Waals surface area contributed by atoms with Crippen LogP contribution in [0.3, 0.4) is 0 Å². The molecule has 1 saturated heterocycles. The summed E-state index contributed by atoms with van der Waals surface area (Å²) >= 11 is 0. The van der Waals surface area contributed by atoms with Crippen LogP contribution in [0.1, 0.15) is 29.6 Å². The number of carbonyl (C=O) groups excluding carboxylic acids is 2. The fourth-order valence-corrected chi connectivity index (χ4v) is 2.22. The minimum atomic E-state index is -1.89. The van der Waals surface area contributed by atoms with Crippen LogP contribution in [0, 0.1) is 0 Å². The first-order valence-electron chi connectivity index (χ1n) is 5.50. The van der Waals surface area contributed by atoms with Gasteiger partial charge >= 0.3 is 0 Å². The number of rotatable bonds is 0. The summed E-state index contributed by atoms with van der Waals surface area (Å²) in [5.74, 6) is -2.60. The lowest BCUT2D eigenvalue weighted by molar-refractivity contribution is -0.181. The molecule has 1 N–H and O–H groups in total. The van der Waals surface area contributed by atoms with E-state index in [0.29, 0.717) is 17.7 Å². The smallest absolute Gasteiger partial charge is 0.256 e. The summed E-state index contributed by atoms with van der Waals surface area (Å²) < 4.78 is 0. The summed E-state index contributed by atoms with van der Waals surface area (Å²) in [6, 6.07) is 6.65. The van der Waals surface area contributed by atoms with Crippen molar-refractivity contribution in [2.45, 2.75) is 25.0 Å². The SMILES string of the molecule is O=C1CCCC2(O)ON1c1ccccc1C2=O. The third-order valence-electron chi connectivity index (χ3n) is 3.10. The molecule has 2 heterocycles. The van der Waals surface area contributed by atoms with E-state index in [1.165, 1.54) is 0 Å². The molecule has 0 spiro atoms. The summed E-state index contributed by atoms with van der Waals surface area (Å²) in [6.45, 7) is 0. The number of amides is 1. The minimum Gasteiger partial charge on any atom is -0.358 e. The van der Waals surface area contributed by atoms with Crippen molar-refractivity contribution in [2.24, 2.45) is 0 Å². The van der Waals surface area contributed by atoms with E-state index in [4.69, 9.17) is 4.84 Å². The number of nitrogens with zero attached hydrogens (tertiary/aromatic N) is 1. The Labute approximate surface area is 97.6 Å². The molecule has 1 unspecified atom stereocenters. The quantitative estimate of drug-likeness (QED) is 0.726. The molecular weight excluding hydrogens is 222 g/mol. The lowest BCUT2D eigenvalue weighted by Gasteiger charge is -2.35. The Morgan fingerprint density at radius 2 is 2.06 bits per heavy atom. The zero-order chi connectivity index (χ0) is 12.0. The highest BCUT2D eigenvalue weighted by molar-refractivity contribution is 6.10.